The van der Waals surface area contributed by atoms with Crippen LogP contribution in [0.3, 0.4) is 0 Å². The highest BCUT2D eigenvalue weighted by Crippen LogP contribution is 2.68. The summed E-state index contributed by atoms with van der Waals surface area (Å²) in [5.74, 6) is 2.31. The molecule has 0 bridgehead atoms. The van der Waals surface area contributed by atoms with Crippen LogP contribution in [-0.2, 0) is 9.59 Å². The number of carbonyl (C=O) groups is 2. The van der Waals surface area contributed by atoms with Gasteiger partial charge in [-0.05, 0) is 98.2 Å². The van der Waals surface area contributed by atoms with Crippen LogP contribution in [0.4, 0.5) is 0 Å². The number of fused-ring (bicyclic) bond motifs is 5. The number of aliphatic carboxylic acids is 1. The van der Waals surface area contributed by atoms with E-state index in [1.54, 1.807) is 0 Å². The summed E-state index contributed by atoms with van der Waals surface area (Å²) < 4.78 is 0. The lowest BCUT2D eigenvalue weighted by Gasteiger charge is -2.62. The zero-order chi connectivity index (χ0) is 21.8. The molecule has 4 nitrogen and oxygen atoms in total. The minimum Gasteiger partial charge on any atom is -0.481 e. The number of rotatable bonds is 5. The van der Waals surface area contributed by atoms with Crippen LogP contribution in [0.2, 0.25) is 0 Å². The molecular weight excluding hydrogens is 376 g/mol. The second kappa shape index (κ2) is 7.90. The summed E-state index contributed by atoms with van der Waals surface area (Å²) in [6.45, 7) is 9.28. The van der Waals surface area contributed by atoms with Gasteiger partial charge in [0.1, 0.15) is 5.78 Å². The van der Waals surface area contributed by atoms with Crippen molar-refractivity contribution in [3.05, 3.63) is 0 Å². The van der Waals surface area contributed by atoms with E-state index in [1.165, 1.54) is 6.42 Å². The first-order chi connectivity index (χ1) is 14.1. The fraction of sp³-hybridized carbons (Fsp3) is 0.923. The van der Waals surface area contributed by atoms with Crippen molar-refractivity contribution < 1.29 is 19.8 Å². The first-order valence-electron chi connectivity index (χ1n) is 12.6. The number of carboxylic acids is 1. The Hall–Kier alpha value is -0.900. The molecule has 0 saturated heterocycles. The van der Waals surface area contributed by atoms with Crippen molar-refractivity contribution in [3.8, 4) is 0 Å². The van der Waals surface area contributed by atoms with Crippen molar-refractivity contribution >= 4 is 11.8 Å². The van der Waals surface area contributed by atoms with Gasteiger partial charge in [0.15, 0.2) is 0 Å². The average Bonchev–Trinajstić information content (AvgIpc) is 3.05. The van der Waals surface area contributed by atoms with Gasteiger partial charge in [0.2, 0.25) is 0 Å². The molecule has 4 fully saturated rings. The van der Waals surface area contributed by atoms with Gasteiger partial charge in [-0.3, -0.25) is 9.59 Å². The van der Waals surface area contributed by atoms with Crippen molar-refractivity contribution in [2.75, 3.05) is 0 Å². The third-order valence-electron chi connectivity index (χ3n) is 10.7. The molecule has 0 spiro atoms. The molecular formula is C26H42O4. The Labute approximate surface area is 182 Å². The number of Topliss-reactive ketones (excluding diaryl/α,β-unsaturated/α-hetero) is 1. The topological polar surface area (TPSA) is 74.6 Å². The van der Waals surface area contributed by atoms with Gasteiger partial charge in [-0.25, -0.2) is 0 Å². The molecule has 0 amide bonds. The summed E-state index contributed by atoms with van der Waals surface area (Å²) >= 11 is 0. The monoisotopic (exact) mass is 418 g/mol. The van der Waals surface area contributed by atoms with Crippen LogP contribution < -0.4 is 0 Å². The Kier molecular flexibility index (Phi) is 5.87. The number of hydrogen-bond donors (Lipinski definition) is 2. The standard InChI is InChI=1S/C26H42O4/c1-5-17-21-14-16(27)10-12-26(21,4)20-11-13-25(3)18(15(2)6-9-22(28)29)7-8-19(25)23(20)24(17)30/h15-21,23,27H,5-14H2,1-4H3,(H,28,29)/t15-,16-,17-,18-,19+,20+,21?,23+,25-,26-/m1/s1. The maximum Gasteiger partial charge on any atom is 0.303 e. The van der Waals surface area contributed by atoms with Crippen LogP contribution in [0.15, 0.2) is 0 Å². The summed E-state index contributed by atoms with van der Waals surface area (Å²) in [4.78, 5) is 25.0. The van der Waals surface area contributed by atoms with E-state index >= 15 is 0 Å². The van der Waals surface area contributed by atoms with E-state index in [1.807, 2.05) is 0 Å². The molecule has 170 valence electrons. The molecule has 0 aromatic heterocycles. The molecule has 0 aromatic rings. The van der Waals surface area contributed by atoms with Crippen LogP contribution in [0.1, 0.15) is 91.9 Å². The highest BCUT2D eigenvalue weighted by Gasteiger charge is 2.65. The van der Waals surface area contributed by atoms with Crippen molar-refractivity contribution in [1.82, 2.24) is 0 Å². The van der Waals surface area contributed by atoms with Crippen LogP contribution >= 0.6 is 0 Å². The molecule has 4 aliphatic carbocycles. The Balaban J connectivity index is 1.62. The molecule has 0 aliphatic heterocycles. The molecule has 0 heterocycles. The summed E-state index contributed by atoms with van der Waals surface area (Å²) in [6, 6.07) is 0. The van der Waals surface area contributed by atoms with Gasteiger partial charge < -0.3 is 10.2 Å². The van der Waals surface area contributed by atoms with E-state index in [4.69, 9.17) is 5.11 Å². The zero-order valence-corrected chi connectivity index (χ0v) is 19.4. The molecule has 4 heteroatoms. The van der Waals surface area contributed by atoms with Gasteiger partial charge in [0.25, 0.3) is 0 Å². The number of carboxylic acid groups (broad SMARTS) is 1. The SMILES string of the molecule is CC[C@H]1C(=O)[C@H]2[C@@H]3CC[C@H]([C@H](C)CCC(=O)O)[C@@]3(C)CC[C@@H]2[C@@]2(C)CC[C@@H](O)CC12. The Morgan fingerprint density at radius 1 is 1.07 bits per heavy atom. The van der Waals surface area contributed by atoms with E-state index in [-0.39, 0.29) is 35.2 Å². The van der Waals surface area contributed by atoms with Crippen LogP contribution in [0.25, 0.3) is 0 Å². The molecule has 0 aromatic carbocycles. The summed E-state index contributed by atoms with van der Waals surface area (Å²) in [6.07, 6.45) is 9.01. The first-order valence-corrected chi connectivity index (χ1v) is 12.6. The van der Waals surface area contributed by atoms with Gasteiger partial charge in [0, 0.05) is 18.3 Å². The van der Waals surface area contributed by atoms with Crippen molar-refractivity contribution in [3.63, 3.8) is 0 Å². The number of aliphatic hydroxyl groups excluding tert-OH is 1. The maximum absolute atomic E-state index is 13.9. The molecule has 4 aliphatic rings. The average molecular weight is 419 g/mol. The summed E-state index contributed by atoms with van der Waals surface area (Å²) in [5.41, 5.74) is 0.358. The maximum atomic E-state index is 13.9. The highest BCUT2D eigenvalue weighted by molar-refractivity contribution is 5.86. The lowest BCUT2D eigenvalue weighted by molar-refractivity contribution is -0.173. The molecule has 2 N–H and O–H groups in total. The van der Waals surface area contributed by atoms with Crippen molar-refractivity contribution in [2.24, 2.45) is 52.3 Å². The normalized spacial score (nSPS) is 49.1. The highest BCUT2D eigenvalue weighted by atomic mass is 16.4. The van der Waals surface area contributed by atoms with Gasteiger partial charge in [0.05, 0.1) is 6.10 Å². The predicted molar refractivity (Wildman–Crippen MR) is 117 cm³/mol. The third kappa shape index (κ3) is 3.27. The van der Waals surface area contributed by atoms with Crippen molar-refractivity contribution in [2.45, 2.75) is 98.0 Å². The fourth-order valence-corrected chi connectivity index (χ4v) is 9.16. The van der Waals surface area contributed by atoms with Gasteiger partial charge in [-0.1, -0.05) is 27.7 Å². The second-order valence-corrected chi connectivity index (χ2v) is 11.8. The van der Waals surface area contributed by atoms with E-state index in [9.17, 15) is 14.7 Å². The molecule has 4 rings (SSSR count). The molecule has 0 radical (unpaired) electrons. The summed E-state index contributed by atoms with van der Waals surface area (Å²) in [7, 11) is 0. The Morgan fingerprint density at radius 2 is 1.73 bits per heavy atom. The number of hydrogen-bond acceptors (Lipinski definition) is 3. The van der Waals surface area contributed by atoms with E-state index < -0.39 is 5.97 Å². The van der Waals surface area contributed by atoms with Crippen LogP contribution in [-0.4, -0.2) is 28.1 Å². The van der Waals surface area contributed by atoms with Crippen LogP contribution in [0, 0.1) is 52.3 Å². The zero-order valence-electron chi connectivity index (χ0n) is 19.4. The van der Waals surface area contributed by atoms with E-state index in [2.05, 4.69) is 27.7 Å². The smallest absolute Gasteiger partial charge is 0.303 e. The Bertz CT molecular complexity index is 689. The lowest BCUT2D eigenvalue weighted by Crippen LogP contribution is -2.60. The Morgan fingerprint density at radius 3 is 2.40 bits per heavy atom. The largest absolute Gasteiger partial charge is 0.481 e. The number of aliphatic hydroxyl groups is 1. The molecule has 30 heavy (non-hydrogen) atoms. The molecule has 10 atom stereocenters. The third-order valence-corrected chi connectivity index (χ3v) is 10.7. The van der Waals surface area contributed by atoms with E-state index in [0.717, 1.165) is 51.4 Å². The predicted octanol–water partition coefficient (Wildman–Crippen LogP) is 5.32. The lowest BCUT2D eigenvalue weighted by atomic mass is 9.42. The minimum atomic E-state index is -0.697. The first kappa shape index (κ1) is 22.3. The van der Waals surface area contributed by atoms with E-state index in [0.29, 0.717) is 35.4 Å². The fourth-order valence-electron chi connectivity index (χ4n) is 9.16. The van der Waals surface area contributed by atoms with Crippen molar-refractivity contribution in [1.29, 1.82) is 0 Å². The van der Waals surface area contributed by atoms with Gasteiger partial charge in [-0.15, -0.1) is 0 Å². The quantitative estimate of drug-likeness (QED) is 0.633. The van der Waals surface area contributed by atoms with Crippen LogP contribution in [0.5, 0.6) is 0 Å². The number of carbonyl (C=O) groups excluding carboxylic acids is 1. The van der Waals surface area contributed by atoms with Gasteiger partial charge in [-0.2, -0.15) is 0 Å². The summed E-state index contributed by atoms with van der Waals surface area (Å²) in [5, 5.41) is 19.5. The number of ketones is 1. The minimum absolute atomic E-state index is 0.108. The van der Waals surface area contributed by atoms with Gasteiger partial charge >= 0.3 is 5.97 Å². The molecule has 1 unspecified atom stereocenters. The molecule has 4 saturated carbocycles. The second-order valence-electron chi connectivity index (χ2n) is 11.8.